The van der Waals surface area contributed by atoms with Crippen molar-refractivity contribution in [3.05, 3.63) is 41.2 Å². The fourth-order valence-electron chi connectivity index (χ4n) is 2.33. The zero-order chi connectivity index (χ0) is 16.9. The summed E-state index contributed by atoms with van der Waals surface area (Å²) < 4.78 is 10.7. The van der Waals surface area contributed by atoms with Gasteiger partial charge in [-0.15, -0.1) is 0 Å². The molecule has 0 saturated heterocycles. The lowest BCUT2D eigenvalue weighted by Crippen LogP contribution is -2.25. The summed E-state index contributed by atoms with van der Waals surface area (Å²) in [5.74, 6) is 1.72. The largest absolute Gasteiger partial charge is 0.454 e. The smallest absolute Gasteiger partial charge is 0.270 e. The molecule has 0 radical (unpaired) electrons. The van der Waals surface area contributed by atoms with Gasteiger partial charge in [-0.1, -0.05) is 13.0 Å². The molecule has 2 heterocycles. The Morgan fingerprint density at radius 2 is 2.04 bits per heavy atom. The number of anilines is 1. The van der Waals surface area contributed by atoms with E-state index in [-0.39, 0.29) is 12.7 Å². The predicted molar refractivity (Wildman–Crippen MR) is 89.3 cm³/mol. The van der Waals surface area contributed by atoms with Crippen molar-refractivity contribution in [1.29, 1.82) is 0 Å². The van der Waals surface area contributed by atoms with Crippen LogP contribution in [0.25, 0.3) is 0 Å². The predicted octanol–water partition coefficient (Wildman–Crippen LogP) is 2.27. The van der Waals surface area contributed by atoms with Gasteiger partial charge in [0.05, 0.1) is 0 Å². The fourth-order valence-corrected chi connectivity index (χ4v) is 2.33. The Labute approximate surface area is 140 Å². The third-order valence-corrected chi connectivity index (χ3v) is 3.51. The van der Waals surface area contributed by atoms with Crippen LogP contribution < -0.4 is 20.1 Å². The summed E-state index contributed by atoms with van der Waals surface area (Å²) in [4.78, 5) is 20.7. The van der Waals surface area contributed by atoms with E-state index in [1.807, 2.05) is 32.0 Å². The first-order valence-corrected chi connectivity index (χ1v) is 7.92. The highest BCUT2D eigenvalue weighted by molar-refractivity contribution is 5.92. The molecule has 126 valence electrons. The van der Waals surface area contributed by atoms with Gasteiger partial charge >= 0.3 is 0 Å². The van der Waals surface area contributed by atoms with Crippen LogP contribution in [0.1, 0.15) is 35.1 Å². The average Bonchev–Trinajstić information content (AvgIpc) is 3.05. The van der Waals surface area contributed by atoms with Crippen molar-refractivity contribution in [3.8, 4) is 11.5 Å². The van der Waals surface area contributed by atoms with E-state index in [0.717, 1.165) is 29.2 Å². The van der Waals surface area contributed by atoms with E-state index in [1.54, 1.807) is 6.07 Å². The number of rotatable bonds is 6. The monoisotopic (exact) mass is 328 g/mol. The van der Waals surface area contributed by atoms with Crippen molar-refractivity contribution in [3.63, 3.8) is 0 Å². The highest BCUT2D eigenvalue weighted by Gasteiger charge is 2.14. The molecule has 2 aromatic rings. The minimum atomic E-state index is -0.187. The lowest BCUT2D eigenvalue weighted by atomic mass is 10.2. The van der Waals surface area contributed by atoms with Gasteiger partial charge < -0.3 is 20.1 Å². The van der Waals surface area contributed by atoms with Gasteiger partial charge in [0.1, 0.15) is 5.69 Å². The molecule has 0 spiro atoms. The molecule has 24 heavy (non-hydrogen) atoms. The van der Waals surface area contributed by atoms with Crippen LogP contribution in [-0.2, 0) is 6.54 Å². The van der Waals surface area contributed by atoms with E-state index in [9.17, 15) is 4.79 Å². The van der Waals surface area contributed by atoms with E-state index >= 15 is 0 Å². The quantitative estimate of drug-likeness (QED) is 0.846. The Bertz CT molecular complexity index is 749. The zero-order valence-corrected chi connectivity index (χ0v) is 13.8. The Hall–Kier alpha value is -2.83. The van der Waals surface area contributed by atoms with E-state index in [0.29, 0.717) is 24.7 Å². The molecule has 0 aliphatic carbocycles. The van der Waals surface area contributed by atoms with Gasteiger partial charge in [0.25, 0.3) is 5.91 Å². The minimum Gasteiger partial charge on any atom is -0.454 e. The second-order valence-corrected chi connectivity index (χ2v) is 5.52. The second kappa shape index (κ2) is 7.16. The maximum atomic E-state index is 12.1. The first-order chi connectivity index (χ1) is 11.7. The molecule has 0 saturated carbocycles. The molecular formula is C17H20N4O3. The van der Waals surface area contributed by atoms with Gasteiger partial charge in [-0.25, -0.2) is 9.97 Å². The number of nitrogens with zero attached hydrogens (tertiary/aromatic N) is 2. The molecule has 2 N–H and O–H groups in total. The molecule has 0 fully saturated rings. The molecule has 7 heteroatoms. The Morgan fingerprint density at radius 3 is 2.88 bits per heavy atom. The summed E-state index contributed by atoms with van der Waals surface area (Å²) in [6.45, 7) is 5.25. The summed E-state index contributed by atoms with van der Waals surface area (Å²) in [5, 5.41) is 5.96. The summed E-state index contributed by atoms with van der Waals surface area (Å²) in [5.41, 5.74) is 2.12. The second-order valence-electron chi connectivity index (χ2n) is 5.52. The molecule has 7 nitrogen and oxygen atoms in total. The van der Waals surface area contributed by atoms with Gasteiger partial charge in [-0.05, 0) is 37.1 Å². The molecule has 3 rings (SSSR count). The lowest BCUT2D eigenvalue weighted by Gasteiger charge is -2.09. The number of amides is 1. The number of fused-ring (bicyclic) bond motifs is 1. The number of carbonyl (C=O) groups is 1. The van der Waals surface area contributed by atoms with Crippen LogP contribution >= 0.6 is 0 Å². The van der Waals surface area contributed by atoms with Gasteiger partial charge in [-0.3, -0.25) is 4.79 Å². The number of hydrogen-bond donors (Lipinski definition) is 2. The van der Waals surface area contributed by atoms with Crippen molar-refractivity contribution >= 4 is 11.9 Å². The van der Waals surface area contributed by atoms with Gasteiger partial charge in [0.15, 0.2) is 11.5 Å². The van der Waals surface area contributed by atoms with Crippen LogP contribution in [0.4, 0.5) is 5.95 Å². The lowest BCUT2D eigenvalue weighted by molar-refractivity contribution is 0.0948. The number of carbonyl (C=O) groups excluding carboxylic acids is 1. The molecule has 1 aromatic heterocycles. The number of nitrogens with one attached hydrogen (secondary N) is 2. The maximum Gasteiger partial charge on any atom is 0.270 e. The van der Waals surface area contributed by atoms with E-state index in [1.165, 1.54) is 0 Å². The number of hydrogen-bond acceptors (Lipinski definition) is 6. The van der Waals surface area contributed by atoms with E-state index < -0.39 is 0 Å². The number of aryl methyl sites for hydroxylation is 1. The summed E-state index contributed by atoms with van der Waals surface area (Å²) in [6, 6.07) is 7.42. The number of benzene rings is 1. The minimum absolute atomic E-state index is 0.187. The van der Waals surface area contributed by atoms with Crippen LogP contribution in [0.2, 0.25) is 0 Å². The SMILES string of the molecule is CCCNC(=O)c1cc(C)nc(NCc2ccc3c(c2)OCO3)n1. The van der Waals surface area contributed by atoms with Crippen molar-refractivity contribution in [2.24, 2.45) is 0 Å². The summed E-state index contributed by atoms with van der Waals surface area (Å²) in [7, 11) is 0. The number of ether oxygens (including phenoxy) is 2. The number of aromatic nitrogens is 2. The van der Waals surface area contributed by atoms with Crippen molar-refractivity contribution < 1.29 is 14.3 Å². The fraction of sp³-hybridized carbons (Fsp3) is 0.353. The molecule has 1 aromatic carbocycles. The zero-order valence-electron chi connectivity index (χ0n) is 13.8. The van der Waals surface area contributed by atoms with Gasteiger partial charge in [0, 0.05) is 18.8 Å². The van der Waals surface area contributed by atoms with Crippen LogP contribution in [0.3, 0.4) is 0 Å². The van der Waals surface area contributed by atoms with Crippen LogP contribution in [0.5, 0.6) is 11.5 Å². The first kappa shape index (κ1) is 16.0. The van der Waals surface area contributed by atoms with Crippen LogP contribution in [0.15, 0.2) is 24.3 Å². The molecular weight excluding hydrogens is 308 g/mol. The standard InChI is InChI=1S/C17H20N4O3/c1-3-6-18-16(22)13-7-11(2)20-17(21-13)19-9-12-4-5-14-15(8-12)24-10-23-14/h4-5,7-8H,3,6,9-10H2,1-2H3,(H,18,22)(H,19,20,21). The Kier molecular flexibility index (Phi) is 4.79. The maximum absolute atomic E-state index is 12.1. The molecule has 0 unspecified atom stereocenters. The van der Waals surface area contributed by atoms with E-state index in [2.05, 4.69) is 20.6 Å². The Balaban J connectivity index is 1.68. The van der Waals surface area contributed by atoms with Crippen LogP contribution in [-0.4, -0.2) is 29.2 Å². The van der Waals surface area contributed by atoms with Crippen molar-refractivity contribution in [2.75, 3.05) is 18.7 Å². The topological polar surface area (TPSA) is 85.4 Å². The van der Waals surface area contributed by atoms with Crippen molar-refractivity contribution in [1.82, 2.24) is 15.3 Å². The molecule has 0 atom stereocenters. The van der Waals surface area contributed by atoms with Gasteiger partial charge in [-0.2, -0.15) is 0 Å². The highest BCUT2D eigenvalue weighted by Crippen LogP contribution is 2.32. The van der Waals surface area contributed by atoms with Gasteiger partial charge in [0.2, 0.25) is 12.7 Å². The third kappa shape index (κ3) is 3.73. The molecule has 0 bridgehead atoms. The summed E-state index contributed by atoms with van der Waals surface area (Å²) in [6.07, 6.45) is 0.880. The first-order valence-electron chi connectivity index (χ1n) is 7.92. The van der Waals surface area contributed by atoms with E-state index in [4.69, 9.17) is 9.47 Å². The van der Waals surface area contributed by atoms with Crippen LogP contribution in [0, 0.1) is 6.92 Å². The highest BCUT2D eigenvalue weighted by atomic mass is 16.7. The third-order valence-electron chi connectivity index (χ3n) is 3.51. The normalized spacial score (nSPS) is 12.1. The van der Waals surface area contributed by atoms with Crippen molar-refractivity contribution in [2.45, 2.75) is 26.8 Å². The summed E-state index contributed by atoms with van der Waals surface area (Å²) >= 11 is 0. The average molecular weight is 328 g/mol. The molecule has 1 aliphatic rings. The molecule has 1 amide bonds. The Morgan fingerprint density at radius 1 is 1.21 bits per heavy atom. The molecule has 1 aliphatic heterocycles.